The minimum absolute atomic E-state index is 0.210. The Bertz CT molecular complexity index is 650. The molecule has 7 heteroatoms. The van der Waals surface area contributed by atoms with E-state index in [1.54, 1.807) is 17.9 Å². The Hall–Kier alpha value is -1.60. The summed E-state index contributed by atoms with van der Waals surface area (Å²) in [5.41, 5.74) is 0.929. The quantitative estimate of drug-likeness (QED) is 0.868. The topological polar surface area (TPSA) is 77.2 Å². The molecule has 1 saturated heterocycles. The summed E-state index contributed by atoms with van der Waals surface area (Å²) in [5.74, 6) is -0.202. The maximum absolute atomic E-state index is 11.4. The third-order valence-electron chi connectivity index (χ3n) is 3.38. The molecule has 1 N–H and O–H groups in total. The number of rotatable bonds is 4. The standard InChI is InChI=1S/C13H15N3O3S/c1-16-12-9(6-15-16)11(10(5-14-12)13(17)18)20-7-8-3-2-4-19-8/h5-6,8H,2-4,7H2,1H3,(H,17,18). The summed E-state index contributed by atoms with van der Waals surface area (Å²) in [6.45, 7) is 0.801. The smallest absolute Gasteiger partial charge is 0.338 e. The molecule has 0 radical (unpaired) electrons. The second kappa shape index (κ2) is 5.41. The van der Waals surface area contributed by atoms with Crippen LogP contribution in [0.5, 0.6) is 0 Å². The molecule has 3 rings (SSSR count). The van der Waals surface area contributed by atoms with Crippen molar-refractivity contribution in [1.29, 1.82) is 0 Å². The van der Waals surface area contributed by atoms with Gasteiger partial charge in [0.25, 0.3) is 0 Å². The van der Waals surface area contributed by atoms with E-state index < -0.39 is 5.97 Å². The van der Waals surface area contributed by atoms with Crippen molar-refractivity contribution in [1.82, 2.24) is 14.8 Å². The van der Waals surface area contributed by atoms with Crippen LogP contribution in [-0.2, 0) is 11.8 Å². The SMILES string of the molecule is Cn1ncc2c(SCC3CCCO3)c(C(=O)O)cnc21. The van der Waals surface area contributed by atoms with Gasteiger partial charge in [-0.05, 0) is 12.8 Å². The van der Waals surface area contributed by atoms with Crippen LogP contribution in [0.3, 0.4) is 0 Å². The first-order valence-corrected chi connectivity index (χ1v) is 7.44. The fraction of sp³-hybridized carbons (Fsp3) is 0.462. The molecular weight excluding hydrogens is 278 g/mol. The van der Waals surface area contributed by atoms with Gasteiger partial charge in [-0.15, -0.1) is 11.8 Å². The maximum atomic E-state index is 11.4. The summed E-state index contributed by atoms with van der Waals surface area (Å²) in [5, 5.41) is 14.3. The Labute approximate surface area is 120 Å². The zero-order valence-electron chi connectivity index (χ0n) is 11.1. The van der Waals surface area contributed by atoms with Crippen molar-refractivity contribution >= 4 is 28.8 Å². The highest BCUT2D eigenvalue weighted by Crippen LogP contribution is 2.32. The predicted octanol–water partition coefficient (Wildman–Crippen LogP) is 1.94. The summed E-state index contributed by atoms with van der Waals surface area (Å²) < 4.78 is 7.24. The van der Waals surface area contributed by atoms with Gasteiger partial charge in [0.1, 0.15) is 0 Å². The highest BCUT2D eigenvalue weighted by Gasteiger charge is 2.21. The van der Waals surface area contributed by atoms with Gasteiger partial charge in [0, 0.05) is 30.5 Å². The van der Waals surface area contributed by atoms with Crippen LogP contribution in [0.25, 0.3) is 11.0 Å². The number of aromatic carboxylic acids is 1. The van der Waals surface area contributed by atoms with Crippen LogP contribution < -0.4 is 0 Å². The normalized spacial score (nSPS) is 18.8. The van der Waals surface area contributed by atoms with Crippen LogP contribution in [0.2, 0.25) is 0 Å². The van der Waals surface area contributed by atoms with Crippen molar-refractivity contribution in [3.63, 3.8) is 0 Å². The van der Waals surface area contributed by atoms with E-state index >= 15 is 0 Å². The third-order valence-corrected chi connectivity index (χ3v) is 4.65. The van der Waals surface area contributed by atoms with Crippen molar-refractivity contribution in [3.05, 3.63) is 18.0 Å². The number of carbonyl (C=O) groups is 1. The Kier molecular flexibility index (Phi) is 3.62. The molecule has 0 aromatic carbocycles. The number of hydrogen-bond acceptors (Lipinski definition) is 5. The molecule has 0 bridgehead atoms. The molecule has 6 nitrogen and oxygen atoms in total. The first kappa shape index (κ1) is 13.4. The van der Waals surface area contributed by atoms with E-state index in [2.05, 4.69) is 10.1 Å². The fourth-order valence-electron chi connectivity index (χ4n) is 2.33. The van der Waals surface area contributed by atoms with Crippen molar-refractivity contribution in [2.24, 2.45) is 7.05 Å². The molecule has 0 aliphatic carbocycles. The van der Waals surface area contributed by atoms with Gasteiger partial charge < -0.3 is 9.84 Å². The van der Waals surface area contributed by atoms with E-state index in [-0.39, 0.29) is 11.7 Å². The van der Waals surface area contributed by atoms with Gasteiger partial charge >= 0.3 is 5.97 Å². The highest BCUT2D eigenvalue weighted by molar-refractivity contribution is 7.99. The molecular formula is C13H15N3O3S. The van der Waals surface area contributed by atoms with E-state index in [1.807, 2.05) is 0 Å². The van der Waals surface area contributed by atoms with Crippen molar-refractivity contribution < 1.29 is 14.6 Å². The second-order valence-electron chi connectivity index (χ2n) is 4.76. The Morgan fingerprint density at radius 1 is 1.60 bits per heavy atom. The number of aromatic nitrogens is 3. The Balaban J connectivity index is 1.96. The lowest BCUT2D eigenvalue weighted by Crippen LogP contribution is -2.09. The molecule has 0 spiro atoms. The monoisotopic (exact) mass is 293 g/mol. The van der Waals surface area contributed by atoms with Gasteiger partial charge in [-0.3, -0.25) is 4.68 Å². The molecule has 1 aliphatic heterocycles. The van der Waals surface area contributed by atoms with Gasteiger partial charge in [0.05, 0.1) is 23.3 Å². The molecule has 3 heterocycles. The number of fused-ring (bicyclic) bond motifs is 1. The Morgan fingerprint density at radius 3 is 3.15 bits per heavy atom. The van der Waals surface area contributed by atoms with E-state index in [0.29, 0.717) is 5.65 Å². The number of pyridine rings is 1. The largest absolute Gasteiger partial charge is 0.478 e. The maximum Gasteiger partial charge on any atom is 0.338 e. The summed E-state index contributed by atoms with van der Waals surface area (Å²) in [6, 6.07) is 0. The van der Waals surface area contributed by atoms with Crippen LogP contribution in [0.4, 0.5) is 0 Å². The summed E-state index contributed by atoms with van der Waals surface area (Å²) in [4.78, 5) is 16.3. The lowest BCUT2D eigenvalue weighted by molar-refractivity contribution is 0.0693. The van der Waals surface area contributed by atoms with E-state index in [1.165, 1.54) is 18.0 Å². The van der Waals surface area contributed by atoms with Crippen LogP contribution in [-0.4, -0.2) is 44.3 Å². The van der Waals surface area contributed by atoms with Crippen LogP contribution in [0, 0.1) is 0 Å². The van der Waals surface area contributed by atoms with Gasteiger partial charge in [-0.2, -0.15) is 5.10 Å². The number of carboxylic acids is 1. The van der Waals surface area contributed by atoms with Crippen molar-refractivity contribution in [3.8, 4) is 0 Å². The van der Waals surface area contributed by atoms with E-state index in [9.17, 15) is 9.90 Å². The average Bonchev–Trinajstić information content (AvgIpc) is 3.06. The minimum atomic E-state index is -0.960. The molecule has 1 fully saturated rings. The molecule has 2 aromatic heterocycles. The predicted molar refractivity (Wildman–Crippen MR) is 75.2 cm³/mol. The molecule has 0 amide bonds. The third kappa shape index (κ3) is 2.38. The number of hydrogen-bond donors (Lipinski definition) is 1. The molecule has 1 atom stereocenters. The first-order valence-electron chi connectivity index (χ1n) is 6.45. The lowest BCUT2D eigenvalue weighted by atomic mass is 10.2. The number of thioether (sulfide) groups is 1. The van der Waals surface area contributed by atoms with Crippen LogP contribution in [0.1, 0.15) is 23.2 Å². The van der Waals surface area contributed by atoms with Crippen LogP contribution >= 0.6 is 11.8 Å². The molecule has 0 saturated carbocycles. The summed E-state index contributed by atoms with van der Waals surface area (Å²) >= 11 is 1.52. The van der Waals surface area contributed by atoms with Gasteiger partial charge in [0.2, 0.25) is 0 Å². The number of nitrogens with zero attached hydrogens (tertiary/aromatic N) is 3. The number of ether oxygens (including phenoxy) is 1. The Morgan fingerprint density at radius 2 is 2.45 bits per heavy atom. The molecule has 20 heavy (non-hydrogen) atoms. The molecule has 106 valence electrons. The number of aryl methyl sites for hydroxylation is 1. The zero-order chi connectivity index (χ0) is 14.1. The summed E-state index contributed by atoms with van der Waals surface area (Å²) in [6.07, 6.45) is 5.41. The number of carboxylic acid groups (broad SMARTS) is 1. The van der Waals surface area contributed by atoms with Crippen molar-refractivity contribution in [2.75, 3.05) is 12.4 Å². The summed E-state index contributed by atoms with van der Waals surface area (Å²) in [7, 11) is 1.80. The lowest BCUT2D eigenvalue weighted by Gasteiger charge is -2.11. The van der Waals surface area contributed by atoms with Gasteiger partial charge in [-0.1, -0.05) is 0 Å². The average molecular weight is 293 g/mol. The minimum Gasteiger partial charge on any atom is -0.478 e. The van der Waals surface area contributed by atoms with E-state index in [4.69, 9.17) is 4.74 Å². The van der Waals surface area contributed by atoms with Gasteiger partial charge in [0.15, 0.2) is 5.65 Å². The van der Waals surface area contributed by atoms with E-state index in [0.717, 1.165) is 35.5 Å². The fourth-order valence-corrected chi connectivity index (χ4v) is 3.54. The van der Waals surface area contributed by atoms with Gasteiger partial charge in [-0.25, -0.2) is 9.78 Å². The molecule has 2 aromatic rings. The second-order valence-corrected chi connectivity index (χ2v) is 5.79. The highest BCUT2D eigenvalue weighted by atomic mass is 32.2. The van der Waals surface area contributed by atoms with Crippen molar-refractivity contribution in [2.45, 2.75) is 23.8 Å². The molecule has 1 unspecified atom stereocenters. The molecule has 1 aliphatic rings. The van der Waals surface area contributed by atoms with Crippen LogP contribution in [0.15, 0.2) is 17.3 Å². The zero-order valence-corrected chi connectivity index (χ0v) is 11.9. The first-order chi connectivity index (χ1) is 9.66.